The first-order valence-electron chi connectivity index (χ1n) is 8.89. The van der Waals surface area contributed by atoms with Gasteiger partial charge in [0, 0.05) is 44.9 Å². The van der Waals surface area contributed by atoms with Crippen molar-refractivity contribution in [1.82, 2.24) is 9.80 Å². The number of rotatable bonds is 3. The molecule has 140 valence electrons. The Morgan fingerprint density at radius 2 is 1.81 bits per heavy atom. The maximum atomic E-state index is 13.5. The second-order valence-corrected chi connectivity index (χ2v) is 7.13. The molecule has 2 saturated heterocycles. The molecule has 26 heavy (non-hydrogen) atoms. The number of amides is 2. The fourth-order valence-electron chi connectivity index (χ4n) is 4.01. The Bertz CT molecular complexity index is 715. The number of carboxylic acid groups (broad SMARTS) is 1. The van der Waals surface area contributed by atoms with Crippen LogP contribution >= 0.6 is 0 Å². The van der Waals surface area contributed by atoms with Gasteiger partial charge < -0.3 is 14.9 Å². The Kier molecular flexibility index (Phi) is 5.25. The monoisotopic (exact) mass is 362 g/mol. The number of hydrogen-bond acceptors (Lipinski definition) is 3. The number of carbonyl (C=O) groups excluding carboxylic acids is 2. The van der Waals surface area contributed by atoms with Crippen molar-refractivity contribution < 1.29 is 23.9 Å². The highest BCUT2D eigenvalue weighted by Gasteiger charge is 2.42. The minimum atomic E-state index is -0.971. The molecular weight excluding hydrogens is 339 g/mol. The van der Waals surface area contributed by atoms with Crippen LogP contribution in [0.4, 0.5) is 4.39 Å². The van der Waals surface area contributed by atoms with Gasteiger partial charge in [-0.1, -0.05) is 12.1 Å². The Hall–Kier alpha value is -2.44. The minimum Gasteiger partial charge on any atom is -0.481 e. The number of aliphatic carboxylic acids is 1. The molecule has 0 aromatic heterocycles. The number of piperidine rings is 1. The number of hydrogen-bond donors (Lipinski definition) is 1. The van der Waals surface area contributed by atoms with Gasteiger partial charge in [0.15, 0.2) is 0 Å². The number of likely N-dealkylation sites (tertiary alicyclic amines) is 2. The van der Waals surface area contributed by atoms with Crippen LogP contribution in [-0.4, -0.2) is 58.9 Å². The molecule has 0 bridgehead atoms. The normalized spacial score (nSPS) is 23.9. The summed E-state index contributed by atoms with van der Waals surface area (Å²) in [6.07, 6.45) is 1.19. The van der Waals surface area contributed by atoms with Crippen molar-refractivity contribution >= 4 is 17.8 Å². The highest BCUT2D eigenvalue weighted by atomic mass is 19.1. The first-order chi connectivity index (χ1) is 12.4. The fraction of sp³-hybridized carbons (Fsp3) is 0.526. The van der Waals surface area contributed by atoms with Gasteiger partial charge in [0.1, 0.15) is 5.82 Å². The van der Waals surface area contributed by atoms with Crippen molar-refractivity contribution in [3.05, 3.63) is 35.6 Å². The molecule has 0 unspecified atom stereocenters. The lowest BCUT2D eigenvalue weighted by Crippen LogP contribution is -2.43. The summed E-state index contributed by atoms with van der Waals surface area (Å²) in [5, 5.41) is 9.54. The van der Waals surface area contributed by atoms with Crippen molar-refractivity contribution in [2.75, 3.05) is 26.2 Å². The predicted octanol–water partition coefficient (Wildman–Crippen LogP) is 1.71. The molecule has 0 radical (unpaired) electrons. The smallest absolute Gasteiger partial charge is 0.308 e. The number of halogens is 1. The summed E-state index contributed by atoms with van der Waals surface area (Å²) in [5.41, 5.74) is 0.610. The molecule has 2 fully saturated rings. The third-order valence-corrected chi connectivity index (χ3v) is 5.52. The molecule has 2 atom stereocenters. The van der Waals surface area contributed by atoms with Gasteiger partial charge in [0.25, 0.3) is 0 Å². The lowest BCUT2D eigenvalue weighted by atomic mass is 9.89. The summed E-state index contributed by atoms with van der Waals surface area (Å²) >= 11 is 0. The van der Waals surface area contributed by atoms with E-state index in [1.165, 1.54) is 19.1 Å². The number of benzene rings is 1. The Labute approximate surface area is 151 Å². The highest BCUT2D eigenvalue weighted by Crippen LogP contribution is 2.35. The van der Waals surface area contributed by atoms with E-state index in [1.54, 1.807) is 21.9 Å². The second kappa shape index (κ2) is 7.43. The lowest BCUT2D eigenvalue weighted by molar-refractivity contribution is -0.143. The molecule has 1 aromatic carbocycles. The molecule has 2 heterocycles. The van der Waals surface area contributed by atoms with Crippen LogP contribution in [0.2, 0.25) is 0 Å². The molecule has 6 nitrogen and oxygen atoms in total. The number of carboxylic acids is 1. The standard InChI is InChI=1S/C19H23FN2O4/c1-12(23)21-7-5-13(6-8-21)18(24)22-10-16(17(11-22)19(25)26)14-3-2-4-15(20)9-14/h2-4,9,13,16-17H,5-8,10-11H2,1H3,(H,25,26)/t16-,17+/m1/s1. The van der Waals surface area contributed by atoms with E-state index in [4.69, 9.17) is 0 Å². The molecule has 0 spiro atoms. The fourth-order valence-corrected chi connectivity index (χ4v) is 4.01. The zero-order valence-electron chi connectivity index (χ0n) is 14.7. The van der Waals surface area contributed by atoms with Crippen molar-refractivity contribution in [2.45, 2.75) is 25.7 Å². The van der Waals surface area contributed by atoms with Gasteiger partial charge >= 0.3 is 5.97 Å². The Morgan fingerprint density at radius 1 is 1.12 bits per heavy atom. The lowest BCUT2D eigenvalue weighted by Gasteiger charge is -2.32. The first-order valence-corrected chi connectivity index (χ1v) is 8.89. The molecule has 1 aromatic rings. The average Bonchev–Trinajstić information content (AvgIpc) is 3.07. The van der Waals surface area contributed by atoms with E-state index in [2.05, 4.69) is 0 Å². The van der Waals surface area contributed by atoms with Gasteiger partial charge in [-0.2, -0.15) is 0 Å². The largest absolute Gasteiger partial charge is 0.481 e. The van der Waals surface area contributed by atoms with E-state index in [0.29, 0.717) is 31.5 Å². The zero-order valence-corrected chi connectivity index (χ0v) is 14.7. The number of nitrogens with zero attached hydrogens (tertiary/aromatic N) is 2. The maximum absolute atomic E-state index is 13.5. The van der Waals surface area contributed by atoms with Gasteiger partial charge in [-0.15, -0.1) is 0 Å². The second-order valence-electron chi connectivity index (χ2n) is 7.13. The summed E-state index contributed by atoms with van der Waals surface area (Å²) in [6, 6.07) is 5.94. The van der Waals surface area contributed by atoms with E-state index >= 15 is 0 Å². The van der Waals surface area contributed by atoms with Crippen LogP contribution in [-0.2, 0) is 14.4 Å². The van der Waals surface area contributed by atoms with Crippen LogP contribution in [0, 0.1) is 17.7 Å². The van der Waals surface area contributed by atoms with Crippen LogP contribution in [0.15, 0.2) is 24.3 Å². The average molecular weight is 362 g/mol. The predicted molar refractivity (Wildman–Crippen MR) is 91.8 cm³/mol. The summed E-state index contributed by atoms with van der Waals surface area (Å²) in [4.78, 5) is 39.2. The molecule has 0 aliphatic carbocycles. The van der Waals surface area contributed by atoms with E-state index in [0.717, 1.165) is 0 Å². The number of carbonyl (C=O) groups is 3. The van der Waals surface area contributed by atoms with Gasteiger partial charge in [-0.3, -0.25) is 14.4 Å². The van der Waals surface area contributed by atoms with Crippen LogP contribution in [0.1, 0.15) is 31.2 Å². The molecule has 2 amide bonds. The van der Waals surface area contributed by atoms with E-state index < -0.39 is 23.6 Å². The summed E-state index contributed by atoms with van der Waals surface area (Å²) in [5.74, 6) is -2.77. The molecule has 2 aliphatic rings. The van der Waals surface area contributed by atoms with Gasteiger partial charge in [-0.05, 0) is 30.5 Å². The van der Waals surface area contributed by atoms with E-state index in [-0.39, 0.29) is 30.8 Å². The van der Waals surface area contributed by atoms with Crippen molar-refractivity contribution in [3.63, 3.8) is 0 Å². The zero-order chi connectivity index (χ0) is 18.8. The quantitative estimate of drug-likeness (QED) is 0.888. The van der Waals surface area contributed by atoms with Gasteiger partial charge in [-0.25, -0.2) is 4.39 Å². The van der Waals surface area contributed by atoms with E-state index in [1.807, 2.05) is 0 Å². The minimum absolute atomic E-state index is 0.00850. The van der Waals surface area contributed by atoms with Crippen LogP contribution in [0.5, 0.6) is 0 Å². The Balaban J connectivity index is 1.70. The summed E-state index contributed by atoms with van der Waals surface area (Å²) in [6.45, 7) is 3.04. The van der Waals surface area contributed by atoms with Crippen LogP contribution in [0.3, 0.4) is 0 Å². The molecule has 2 aliphatic heterocycles. The van der Waals surface area contributed by atoms with Crippen LogP contribution < -0.4 is 0 Å². The third kappa shape index (κ3) is 3.71. The van der Waals surface area contributed by atoms with Crippen LogP contribution in [0.25, 0.3) is 0 Å². The molecule has 3 rings (SSSR count). The van der Waals surface area contributed by atoms with Gasteiger partial charge in [0.05, 0.1) is 5.92 Å². The molecule has 7 heteroatoms. The summed E-state index contributed by atoms with van der Waals surface area (Å²) in [7, 11) is 0. The topological polar surface area (TPSA) is 77.9 Å². The Morgan fingerprint density at radius 3 is 2.38 bits per heavy atom. The van der Waals surface area contributed by atoms with Gasteiger partial charge in [0.2, 0.25) is 11.8 Å². The molecule has 0 saturated carbocycles. The van der Waals surface area contributed by atoms with Crippen molar-refractivity contribution in [3.8, 4) is 0 Å². The SMILES string of the molecule is CC(=O)N1CCC(C(=O)N2C[C@H](C(=O)O)[C@@H](c3cccc(F)c3)C2)CC1. The molecular formula is C19H23FN2O4. The third-order valence-electron chi connectivity index (χ3n) is 5.52. The molecule has 1 N–H and O–H groups in total. The van der Waals surface area contributed by atoms with E-state index in [9.17, 15) is 23.9 Å². The highest BCUT2D eigenvalue weighted by molar-refractivity contribution is 5.82. The maximum Gasteiger partial charge on any atom is 0.308 e. The van der Waals surface area contributed by atoms with Crippen molar-refractivity contribution in [2.24, 2.45) is 11.8 Å². The van der Waals surface area contributed by atoms with Crippen molar-refractivity contribution in [1.29, 1.82) is 0 Å². The first kappa shape index (κ1) is 18.4. The summed E-state index contributed by atoms with van der Waals surface area (Å²) < 4.78 is 13.5.